The molecule has 0 radical (unpaired) electrons. The summed E-state index contributed by atoms with van der Waals surface area (Å²) in [5.74, 6) is 0.424. The van der Waals surface area contributed by atoms with E-state index in [0.29, 0.717) is 31.7 Å². The Morgan fingerprint density at radius 3 is 2.47 bits per heavy atom. The Balaban J connectivity index is 1.99. The van der Waals surface area contributed by atoms with Crippen LogP contribution >= 0.6 is 0 Å². The molecule has 3 rings (SSSR count). The number of halogens is 2. The molecule has 1 heterocycles. The number of esters is 1. The third kappa shape index (κ3) is 5.83. The number of rotatable bonds is 8. The van der Waals surface area contributed by atoms with Crippen LogP contribution in [-0.2, 0) is 11.3 Å². The Morgan fingerprint density at radius 2 is 1.88 bits per heavy atom. The van der Waals surface area contributed by atoms with Crippen LogP contribution in [0.15, 0.2) is 36.4 Å². The lowest BCUT2D eigenvalue weighted by Gasteiger charge is -2.42. The van der Waals surface area contributed by atoms with E-state index in [9.17, 15) is 13.6 Å². The number of aryl methyl sites for hydroxylation is 1. The average Bonchev–Trinajstić information content (AvgIpc) is 2.83. The SMILES string of the molecule is C/C=C\c1c(C)c(C)cc(OC)c1CN1CCN(CC(F)F)CC1c1ccc(C(=O)OC)cc1. The molecule has 1 atom stereocenters. The standard InChI is InChI=1S/C27H34F2N2O3/c1-6-7-22-19(3)18(2)14-25(33-4)23(22)15-31-13-12-30(17-26(28)29)16-24(31)20-8-10-21(11-9-20)27(32)34-5/h6-11,14,24,26H,12-13,15-17H2,1-5H3/b7-6-. The largest absolute Gasteiger partial charge is 0.496 e. The highest BCUT2D eigenvalue weighted by molar-refractivity contribution is 5.89. The van der Waals surface area contributed by atoms with Crippen molar-refractivity contribution in [3.8, 4) is 5.75 Å². The van der Waals surface area contributed by atoms with Crippen LogP contribution in [0, 0.1) is 13.8 Å². The smallest absolute Gasteiger partial charge is 0.337 e. The number of hydrogen-bond acceptors (Lipinski definition) is 5. The highest BCUT2D eigenvalue weighted by atomic mass is 19.3. The fourth-order valence-electron chi connectivity index (χ4n) is 4.61. The van der Waals surface area contributed by atoms with Crippen molar-refractivity contribution in [2.75, 3.05) is 40.4 Å². The summed E-state index contributed by atoms with van der Waals surface area (Å²) in [6.07, 6.45) is 1.75. The molecule has 0 aromatic heterocycles. The number of benzene rings is 2. The van der Waals surface area contributed by atoms with E-state index < -0.39 is 12.4 Å². The molecule has 7 heteroatoms. The lowest BCUT2D eigenvalue weighted by Crippen LogP contribution is -2.49. The van der Waals surface area contributed by atoms with Gasteiger partial charge in [0.05, 0.1) is 26.3 Å². The first kappa shape index (κ1) is 25.8. The van der Waals surface area contributed by atoms with E-state index in [1.54, 1.807) is 19.2 Å². The van der Waals surface area contributed by atoms with Gasteiger partial charge in [0, 0.05) is 37.8 Å². The van der Waals surface area contributed by atoms with Gasteiger partial charge in [-0.05, 0) is 61.2 Å². The second-order valence-electron chi connectivity index (χ2n) is 8.66. The van der Waals surface area contributed by atoms with Gasteiger partial charge < -0.3 is 9.47 Å². The molecular weight excluding hydrogens is 438 g/mol. The molecule has 2 aromatic rings. The zero-order chi connectivity index (χ0) is 24.8. The van der Waals surface area contributed by atoms with Crippen molar-refractivity contribution in [1.82, 2.24) is 9.80 Å². The van der Waals surface area contributed by atoms with E-state index in [-0.39, 0.29) is 12.6 Å². The molecule has 1 aliphatic heterocycles. The van der Waals surface area contributed by atoms with Gasteiger partial charge in [-0.3, -0.25) is 9.80 Å². The maximum atomic E-state index is 13.2. The third-order valence-electron chi connectivity index (χ3n) is 6.57. The van der Waals surface area contributed by atoms with Gasteiger partial charge in [-0.25, -0.2) is 13.6 Å². The topological polar surface area (TPSA) is 42.0 Å². The van der Waals surface area contributed by atoms with E-state index >= 15 is 0 Å². The van der Waals surface area contributed by atoms with Gasteiger partial charge >= 0.3 is 5.97 Å². The van der Waals surface area contributed by atoms with Gasteiger partial charge in [0.15, 0.2) is 0 Å². The van der Waals surface area contributed by atoms with Crippen molar-refractivity contribution in [3.05, 3.63) is 69.8 Å². The predicted octanol–water partition coefficient (Wildman–Crippen LogP) is 5.26. The van der Waals surface area contributed by atoms with Crippen LogP contribution in [0.25, 0.3) is 6.08 Å². The lowest BCUT2D eigenvalue weighted by atomic mass is 9.94. The number of hydrogen-bond donors (Lipinski definition) is 0. The first-order chi connectivity index (χ1) is 16.3. The van der Waals surface area contributed by atoms with E-state index in [1.165, 1.54) is 12.7 Å². The maximum absolute atomic E-state index is 13.2. The van der Waals surface area contributed by atoms with Crippen LogP contribution < -0.4 is 4.74 Å². The summed E-state index contributed by atoms with van der Waals surface area (Å²) in [5, 5.41) is 0. The van der Waals surface area contributed by atoms with Crippen LogP contribution in [-0.4, -0.2) is 62.6 Å². The number of piperazine rings is 1. The van der Waals surface area contributed by atoms with Crippen molar-refractivity contribution in [2.24, 2.45) is 0 Å². The molecule has 0 bridgehead atoms. The summed E-state index contributed by atoms with van der Waals surface area (Å²) in [5.41, 5.74) is 6.01. The molecule has 0 amide bonds. The average molecular weight is 473 g/mol. The van der Waals surface area contributed by atoms with E-state index in [2.05, 4.69) is 30.9 Å². The zero-order valence-electron chi connectivity index (χ0n) is 20.6. The van der Waals surface area contributed by atoms with Crippen molar-refractivity contribution in [1.29, 1.82) is 0 Å². The Morgan fingerprint density at radius 1 is 1.18 bits per heavy atom. The number of alkyl halides is 2. The Labute approximate surface area is 201 Å². The zero-order valence-corrected chi connectivity index (χ0v) is 20.6. The van der Waals surface area contributed by atoms with Crippen molar-refractivity contribution < 1.29 is 23.0 Å². The van der Waals surface area contributed by atoms with Gasteiger partial charge in [-0.2, -0.15) is 0 Å². The van der Waals surface area contributed by atoms with Gasteiger partial charge in [0.2, 0.25) is 0 Å². The minimum absolute atomic E-state index is 0.107. The third-order valence-corrected chi connectivity index (χ3v) is 6.57. The van der Waals surface area contributed by atoms with Gasteiger partial charge in [-0.1, -0.05) is 24.3 Å². The molecule has 0 spiro atoms. The molecule has 184 valence electrons. The minimum Gasteiger partial charge on any atom is -0.496 e. The van der Waals surface area contributed by atoms with Gasteiger partial charge in [0.1, 0.15) is 5.75 Å². The molecule has 0 aliphatic carbocycles. The second kappa shape index (κ2) is 11.6. The monoisotopic (exact) mass is 472 g/mol. The minimum atomic E-state index is -2.38. The van der Waals surface area contributed by atoms with Crippen molar-refractivity contribution >= 4 is 12.0 Å². The van der Waals surface area contributed by atoms with Crippen LogP contribution in [0.5, 0.6) is 5.75 Å². The molecule has 1 saturated heterocycles. The number of ether oxygens (including phenoxy) is 2. The normalized spacial score (nSPS) is 17.5. The molecular formula is C27H34F2N2O3. The quantitative estimate of drug-likeness (QED) is 0.491. The number of carbonyl (C=O) groups excluding carboxylic acids is 1. The van der Waals surface area contributed by atoms with Crippen molar-refractivity contribution in [2.45, 2.75) is 39.8 Å². The second-order valence-corrected chi connectivity index (χ2v) is 8.66. The summed E-state index contributed by atoms with van der Waals surface area (Å²) in [7, 11) is 3.03. The van der Waals surface area contributed by atoms with Crippen molar-refractivity contribution in [3.63, 3.8) is 0 Å². The van der Waals surface area contributed by atoms with Crippen LogP contribution in [0.1, 0.15) is 51.1 Å². The van der Waals surface area contributed by atoms with Crippen LogP contribution in [0.3, 0.4) is 0 Å². The fourth-order valence-corrected chi connectivity index (χ4v) is 4.61. The Bertz CT molecular complexity index is 1020. The van der Waals surface area contributed by atoms with E-state index in [1.807, 2.05) is 30.0 Å². The molecule has 0 N–H and O–H groups in total. The summed E-state index contributed by atoms with van der Waals surface area (Å²) in [4.78, 5) is 16.0. The number of carbonyl (C=O) groups is 1. The first-order valence-electron chi connectivity index (χ1n) is 11.5. The summed E-state index contributed by atoms with van der Waals surface area (Å²) < 4.78 is 36.9. The summed E-state index contributed by atoms with van der Waals surface area (Å²) in [6, 6.07) is 9.19. The van der Waals surface area contributed by atoms with Crippen LogP contribution in [0.2, 0.25) is 0 Å². The first-order valence-corrected chi connectivity index (χ1v) is 11.5. The van der Waals surface area contributed by atoms with E-state index in [4.69, 9.17) is 9.47 Å². The van der Waals surface area contributed by atoms with Gasteiger partial charge in [-0.15, -0.1) is 0 Å². The number of allylic oxidation sites excluding steroid dienone is 1. The molecule has 2 aromatic carbocycles. The highest BCUT2D eigenvalue weighted by Gasteiger charge is 2.31. The lowest BCUT2D eigenvalue weighted by molar-refractivity contribution is 0.0243. The Hall–Kier alpha value is -2.77. The molecule has 1 aliphatic rings. The summed E-state index contributed by atoms with van der Waals surface area (Å²) >= 11 is 0. The molecule has 1 unspecified atom stereocenters. The fraction of sp³-hybridized carbons (Fsp3) is 0.444. The maximum Gasteiger partial charge on any atom is 0.337 e. The predicted molar refractivity (Wildman–Crippen MR) is 131 cm³/mol. The van der Waals surface area contributed by atoms with E-state index in [0.717, 1.165) is 28.0 Å². The number of nitrogens with zero attached hydrogens (tertiary/aromatic N) is 2. The van der Waals surface area contributed by atoms with Gasteiger partial charge in [0.25, 0.3) is 6.43 Å². The molecule has 5 nitrogen and oxygen atoms in total. The number of methoxy groups -OCH3 is 2. The molecule has 34 heavy (non-hydrogen) atoms. The molecule has 1 fully saturated rings. The molecule has 0 saturated carbocycles. The summed E-state index contributed by atoms with van der Waals surface area (Å²) in [6.45, 7) is 8.23. The Kier molecular flexibility index (Phi) is 8.80. The highest BCUT2D eigenvalue weighted by Crippen LogP contribution is 2.34. The van der Waals surface area contributed by atoms with Crippen LogP contribution in [0.4, 0.5) is 8.78 Å².